The third-order valence-electron chi connectivity index (χ3n) is 3.56. The molecular weight excluding hydrogens is 314 g/mol. The molecule has 0 saturated heterocycles. The van der Waals surface area contributed by atoms with Gasteiger partial charge in [0, 0.05) is 17.8 Å². The van der Waals surface area contributed by atoms with Crippen molar-refractivity contribution < 1.29 is 9.59 Å². The van der Waals surface area contributed by atoms with Gasteiger partial charge in [-0.15, -0.1) is 0 Å². The Morgan fingerprint density at radius 2 is 1.72 bits per heavy atom. The molecule has 2 rings (SSSR count). The molecule has 1 aromatic carbocycles. The standard InChI is InChI=1S/C20H25N3O2/c1-6-23(15-10-7-9-14(2)13-15)19(25)17-12-8-11-16(21-17)18(24)22-20(3,4)5/h7-13H,6H2,1-5H3,(H,22,24). The maximum absolute atomic E-state index is 12.9. The fraction of sp³-hybridized carbons (Fsp3) is 0.350. The van der Waals surface area contributed by atoms with Crippen LogP contribution in [-0.4, -0.2) is 28.9 Å². The summed E-state index contributed by atoms with van der Waals surface area (Å²) < 4.78 is 0. The molecule has 0 radical (unpaired) electrons. The van der Waals surface area contributed by atoms with E-state index in [9.17, 15) is 9.59 Å². The predicted octanol–water partition coefficient (Wildman–Crippen LogP) is 3.59. The Balaban J connectivity index is 2.29. The summed E-state index contributed by atoms with van der Waals surface area (Å²) in [4.78, 5) is 31.1. The normalized spacial score (nSPS) is 11.1. The van der Waals surface area contributed by atoms with Crippen molar-refractivity contribution in [1.82, 2.24) is 10.3 Å². The highest BCUT2D eigenvalue weighted by molar-refractivity contribution is 6.05. The predicted molar refractivity (Wildman–Crippen MR) is 100.0 cm³/mol. The molecule has 0 aliphatic rings. The van der Waals surface area contributed by atoms with Crippen molar-refractivity contribution in [3.63, 3.8) is 0 Å². The minimum atomic E-state index is -0.365. The van der Waals surface area contributed by atoms with Gasteiger partial charge in [0.15, 0.2) is 0 Å². The highest BCUT2D eigenvalue weighted by Crippen LogP contribution is 2.18. The number of rotatable bonds is 4. The monoisotopic (exact) mass is 339 g/mol. The highest BCUT2D eigenvalue weighted by atomic mass is 16.2. The summed E-state index contributed by atoms with van der Waals surface area (Å²) in [6, 6.07) is 12.7. The molecule has 5 heteroatoms. The minimum absolute atomic E-state index is 0.224. The lowest BCUT2D eigenvalue weighted by Crippen LogP contribution is -2.41. The second-order valence-electron chi connectivity index (χ2n) is 7.00. The number of nitrogens with zero attached hydrogens (tertiary/aromatic N) is 2. The quantitative estimate of drug-likeness (QED) is 0.926. The van der Waals surface area contributed by atoms with Crippen LogP contribution in [0.15, 0.2) is 42.5 Å². The van der Waals surface area contributed by atoms with E-state index in [0.29, 0.717) is 6.54 Å². The van der Waals surface area contributed by atoms with Crippen molar-refractivity contribution in [2.45, 2.75) is 40.2 Å². The van der Waals surface area contributed by atoms with Gasteiger partial charge in [-0.1, -0.05) is 18.2 Å². The Morgan fingerprint density at radius 3 is 2.32 bits per heavy atom. The molecule has 25 heavy (non-hydrogen) atoms. The van der Waals surface area contributed by atoms with Gasteiger partial charge in [0.25, 0.3) is 11.8 Å². The molecule has 0 bridgehead atoms. The number of hydrogen-bond donors (Lipinski definition) is 1. The first kappa shape index (κ1) is 18.6. The number of benzene rings is 1. The van der Waals surface area contributed by atoms with Crippen molar-refractivity contribution in [1.29, 1.82) is 0 Å². The summed E-state index contributed by atoms with van der Waals surface area (Å²) in [6.45, 7) is 10.1. The summed E-state index contributed by atoms with van der Waals surface area (Å²) in [5, 5.41) is 2.86. The molecule has 5 nitrogen and oxygen atoms in total. The molecule has 0 spiro atoms. The van der Waals surface area contributed by atoms with Crippen molar-refractivity contribution >= 4 is 17.5 Å². The first-order valence-corrected chi connectivity index (χ1v) is 8.39. The lowest BCUT2D eigenvalue weighted by Gasteiger charge is -2.22. The zero-order valence-electron chi connectivity index (χ0n) is 15.5. The topological polar surface area (TPSA) is 62.3 Å². The number of amides is 2. The zero-order chi connectivity index (χ0) is 18.6. The molecule has 0 unspecified atom stereocenters. The number of aromatic nitrogens is 1. The van der Waals surface area contributed by atoms with Crippen LogP contribution in [0.25, 0.3) is 0 Å². The fourth-order valence-electron chi connectivity index (χ4n) is 2.46. The molecule has 132 valence electrons. The van der Waals surface area contributed by atoms with Crippen LogP contribution < -0.4 is 10.2 Å². The van der Waals surface area contributed by atoms with Gasteiger partial charge in [0.1, 0.15) is 11.4 Å². The minimum Gasteiger partial charge on any atom is -0.346 e. The highest BCUT2D eigenvalue weighted by Gasteiger charge is 2.21. The van der Waals surface area contributed by atoms with E-state index in [-0.39, 0.29) is 28.7 Å². The second-order valence-corrected chi connectivity index (χ2v) is 7.00. The zero-order valence-corrected chi connectivity index (χ0v) is 15.5. The van der Waals surface area contributed by atoms with Crippen LogP contribution in [0.4, 0.5) is 5.69 Å². The van der Waals surface area contributed by atoms with Crippen molar-refractivity contribution in [2.75, 3.05) is 11.4 Å². The Hall–Kier alpha value is -2.69. The molecule has 1 heterocycles. The lowest BCUT2D eigenvalue weighted by molar-refractivity contribution is 0.0914. The first-order valence-electron chi connectivity index (χ1n) is 8.39. The molecular formula is C20H25N3O2. The molecule has 0 saturated carbocycles. The maximum atomic E-state index is 12.9. The Morgan fingerprint density at radius 1 is 1.08 bits per heavy atom. The fourth-order valence-corrected chi connectivity index (χ4v) is 2.46. The molecule has 0 aliphatic heterocycles. The maximum Gasteiger partial charge on any atom is 0.276 e. The van der Waals surface area contributed by atoms with E-state index in [1.165, 1.54) is 0 Å². The first-order chi connectivity index (χ1) is 11.7. The lowest BCUT2D eigenvalue weighted by atomic mass is 10.1. The SMILES string of the molecule is CCN(C(=O)c1cccc(C(=O)NC(C)(C)C)n1)c1cccc(C)c1. The number of carbonyl (C=O) groups excluding carboxylic acids is 2. The van der Waals surface area contributed by atoms with Crippen molar-refractivity contribution in [3.05, 3.63) is 59.4 Å². The molecule has 0 aliphatic carbocycles. The number of hydrogen-bond acceptors (Lipinski definition) is 3. The van der Waals surface area contributed by atoms with Gasteiger partial charge in [-0.3, -0.25) is 9.59 Å². The van der Waals surface area contributed by atoms with Gasteiger partial charge in [-0.2, -0.15) is 0 Å². The van der Waals surface area contributed by atoms with Gasteiger partial charge < -0.3 is 10.2 Å². The number of nitrogens with one attached hydrogen (secondary N) is 1. The van der Waals surface area contributed by atoms with E-state index in [1.54, 1.807) is 23.1 Å². The second kappa shape index (κ2) is 7.47. The summed E-state index contributed by atoms with van der Waals surface area (Å²) in [5.74, 6) is -0.515. The molecule has 1 N–H and O–H groups in total. The van der Waals surface area contributed by atoms with Crippen LogP contribution in [0.5, 0.6) is 0 Å². The summed E-state index contributed by atoms with van der Waals surface area (Å²) in [6.07, 6.45) is 0. The number of anilines is 1. The van der Waals surface area contributed by atoms with Crippen molar-refractivity contribution in [2.24, 2.45) is 0 Å². The van der Waals surface area contributed by atoms with Crippen LogP contribution in [0, 0.1) is 6.92 Å². The van der Waals surface area contributed by atoms with Crippen LogP contribution in [0.2, 0.25) is 0 Å². The van der Waals surface area contributed by atoms with Crippen LogP contribution >= 0.6 is 0 Å². The average molecular weight is 339 g/mol. The average Bonchev–Trinajstić information content (AvgIpc) is 2.54. The Labute approximate surface area is 149 Å². The molecule has 0 atom stereocenters. The summed E-state index contributed by atoms with van der Waals surface area (Å²) in [5.41, 5.74) is 2.02. The third kappa shape index (κ3) is 4.89. The Kier molecular flexibility index (Phi) is 5.57. The van der Waals surface area contributed by atoms with Gasteiger partial charge in [0.2, 0.25) is 0 Å². The molecule has 1 aromatic heterocycles. The number of aryl methyl sites for hydroxylation is 1. The van der Waals surface area contributed by atoms with E-state index in [1.807, 2.05) is 58.9 Å². The van der Waals surface area contributed by atoms with E-state index in [2.05, 4.69) is 10.3 Å². The van der Waals surface area contributed by atoms with Gasteiger partial charge in [-0.25, -0.2) is 4.98 Å². The van der Waals surface area contributed by atoms with Crippen LogP contribution in [-0.2, 0) is 0 Å². The van der Waals surface area contributed by atoms with Gasteiger partial charge >= 0.3 is 0 Å². The summed E-state index contributed by atoms with van der Waals surface area (Å²) in [7, 11) is 0. The smallest absolute Gasteiger partial charge is 0.276 e. The number of pyridine rings is 1. The number of carbonyl (C=O) groups is 2. The van der Waals surface area contributed by atoms with Crippen molar-refractivity contribution in [3.8, 4) is 0 Å². The summed E-state index contributed by atoms with van der Waals surface area (Å²) >= 11 is 0. The van der Waals surface area contributed by atoms with E-state index in [4.69, 9.17) is 0 Å². The van der Waals surface area contributed by atoms with Gasteiger partial charge in [-0.05, 0) is 64.4 Å². The molecule has 2 aromatic rings. The van der Waals surface area contributed by atoms with E-state index >= 15 is 0 Å². The third-order valence-corrected chi connectivity index (χ3v) is 3.56. The molecule has 0 fully saturated rings. The van der Waals surface area contributed by atoms with Crippen LogP contribution in [0.3, 0.4) is 0 Å². The van der Waals surface area contributed by atoms with E-state index < -0.39 is 0 Å². The van der Waals surface area contributed by atoms with E-state index in [0.717, 1.165) is 11.3 Å². The largest absolute Gasteiger partial charge is 0.346 e. The Bertz CT molecular complexity index is 779. The van der Waals surface area contributed by atoms with Gasteiger partial charge in [0.05, 0.1) is 0 Å². The van der Waals surface area contributed by atoms with Crippen LogP contribution in [0.1, 0.15) is 54.2 Å². The molecule has 2 amide bonds.